The topological polar surface area (TPSA) is 97.8 Å². The highest BCUT2D eigenvalue weighted by atomic mass is 35.5. The monoisotopic (exact) mass is 453 g/mol. The third kappa shape index (κ3) is 5.48. The van der Waals surface area contributed by atoms with Crippen LogP contribution in [0.4, 0.5) is 5.69 Å². The van der Waals surface area contributed by atoms with Gasteiger partial charge in [-0.3, -0.25) is 4.79 Å². The van der Waals surface area contributed by atoms with Gasteiger partial charge < -0.3 is 14.8 Å². The lowest BCUT2D eigenvalue weighted by atomic mass is 9.97. The molecule has 8 nitrogen and oxygen atoms in total. The fourth-order valence-corrected chi connectivity index (χ4v) is 4.77. The number of aromatic nitrogens is 1. The van der Waals surface area contributed by atoms with E-state index in [1.807, 2.05) is 0 Å². The highest BCUT2D eigenvalue weighted by molar-refractivity contribution is 7.89. The highest BCUT2D eigenvalue weighted by Crippen LogP contribution is 2.27. The van der Waals surface area contributed by atoms with E-state index in [0.29, 0.717) is 42.6 Å². The van der Waals surface area contributed by atoms with Gasteiger partial charge in [-0.2, -0.15) is 4.31 Å². The summed E-state index contributed by atoms with van der Waals surface area (Å²) in [4.78, 5) is 17.1. The number of piperidine rings is 1. The molecule has 0 atom stereocenters. The van der Waals surface area contributed by atoms with Crippen molar-refractivity contribution in [1.82, 2.24) is 9.29 Å². The van der Waals surface area contributed by atoms with Gasteiger partial charge in [0.05, 0.1) is 11.5 Å². The molecule has 1 saturated heterocycles. The van der Waals surface area contributed by atoms with Crippen molar-refractivity contribution in [2.75, 3.05) is 38.7 Å². The zero-order valence-electron chi connectivity index (χ0n) is 16.6. The van der Waals surface area contributed by atoms with Crippen LogP contribution in [0.2, 0.25) is 5.02 Å². The minimum Gasteiger partial charge on any atom is -0.474 e. The summed E-state index contributed by atoms with van der Waals surface area (Å²) in [6.07, 6.45) is 2.44. The lowest BCUT2D eigenvalue weighted by Crippen LogP contribution is -2.41. The van der Waals surface area contributed by atoms with E-state index in [4.69, 9.17) is 21.1 Å². The van der Waals surface area contributed by atoms with E-state index in [-0.39, 0.29) is 29.8 Å². The maximum absolute atomic E-state index is 12.8. The van der Waals surface area contributed by atoms with Crippen molar-refractivity contribution in [3.8, 4) is 5.88 Å². The predicted molar refractivity (Wildman–Crippen MR) is 113 cm³/mol. The number of nitrogens with zero attached hydrogens (tertiary/aromatic N) is 2. The van der Waals surface area contributed by atoms with Crippen molar-refractivity contribution in [1.29, 1.82) is 0 Å². The van der Waals surface area contributed by atoms with Gasteiger partial charge in [0.15, 0.2) is 0 Å². The molecular formula is C20H24ClN3O5S. The SMILES string of the molecule is COCCOc1ncccc1NC(=O)C1CCN(S(=O)(=O)c2ccc(Cl)cc2)CC1. The minimum atomic E-state index is -3.61. The van der Waals surface area contributed by atoms with Crippen LogP contribution in [0.1, 0.15) is 12.8 Å². The molecule has 0 unspecified atom stereocenters. The standard InChI is InChI=1S/C20H24ClN3O5S/c1-28-13-14-29-20-18(3-2-10-22-20)23-19(25)15-8-11-24(12-9-15)30(26,27)17-6-4-16(21)5-7-17/h2-7,10,15H,8-9,11-14H2,1H3,(H,23,25). The molecule has 2 aromatic rings. The average Bonchev–Trinajstić information content (AvgIpc) is 2.75. The molecule has 1 aliphatic heterocycles. The molecule has 1 aromatic carbocycles. The van der Waals surface area contributed by atoms with E-state index >= 15 is 0 Å². The first kappa shape index (κ1) is 22.5. The molecule has 0 bridgehead atoms. The molecule has 1 aromatic heterocycles. The van der Waals surface area contributed by atoms with E-state index in [1.54, 1.807) is 37.6 Å². The molecule has 3 rings (SSSR count). The molecule has 0 radical (unpaired) electrons. The number of anilines is 1. The number of hydrogen-bond acceptors (Lipinski definition) is 6. The quantitative estimate of drug-likeness (QED) is 0.617. The summed E-state index contributed by atoms with van der Waals surface area (Å²) >= 11 is 5.84. The molecule has 0 spiro atoms. The molecule has 0 aliphatic carbocycles. The molecule has 1 fully saturated rings. The summed E-state index contributed by atoms with van der Waals surface area (Å²) in [5.74, 6) is -0.150. The highest BCUT2D eigenvalue weighted by Gasteiger charge is 2.32. The number of carbonyl (C=O) groups excluding carboxylic acids is 1. The van der Waals surface area contributed by atoms with Gasteiger partial charge >= 0.3 is 0 Å². The average molecular weight is 454 g/mol. The van der Waals surface area contributed by atoms with Crippen LogP contribution in [0.3, 0.4) is 0 Å². The summed E-state index contributed by atoms with van der Waals surface area (Å²) in [7, 11) is -2.03. The fourth-order valence-electron chi connectivity index (χ4n) is 3.17. The molecular weight excluding hydrogens is 430 g/mol. The Hall–Kier alpha value is -2.20. The maximum Gasteiger partial charge on any atom is 0.243 e. The van der Waals surface area contributed by atoms with Crippen LogP contribution in [-0.2, 0) is 19.6 Å². The second-order valence-corrected chi connectivity index (χ2v) is 9.19. The number of carbonyl (C=O) groups is 1. The zero-order chi connectivity index (χ0) is 21.6. The Bertz CT molecular complexity index is 961. The van der Waals surface area contributed by atoms with Crippen molar-refractivity contribution in [3.63, 3.8) is 0 Å². The Labute approximate surface area is 181 Å². The van der Waals surface area contributed by atoms with Gasteiger partial charge in [0, 0.05) is 37.3 Å². The van der Waals surface area contributed by atoms with Gasteiger partial charge in [0.2, 0.25) is 21.8 Å². The molecule has 1 amide bonds. The number of ether oxygens (including phenoxy) is 2. The first-order valence-corrected chi connectivity index (χ1v) is 11.4. The smallest absolute Gasteiger partial charge is 0.243 e. The summed E-state index contributed by atoms with van der Waals surface area (Å²) < 4.78 is 37.5. The zero-order valence-corrected chi connectivity index (χ0v) is 18.2. The van der Waals surface area contributed by atoms with Crippen LogP contribution in [0.25, 0.3) is 0 Å². The normalized spacial score (nSPS) is 15.7. The molecule has 2 heterocycles. The van der Waals surface area contributed by atoms with Gasteiger partial charge in [-0.15, -0.1) is 0 Å². The van der Waals surface area contributed by atoms with Crippen LogP contribution >= 0.6 is 11.6 Å². The minimum absolute atomic E-state index is 0.178. The number of benzene rings is 1. The Morgan fingerprint density at radius 1 is 1.20 bits per heavy atom. The van der Waals surface area contributed by atoms with Crippen molar-refractivity contribution >= 4 is 33.2 Å². The summed E-state index contributed by atoms with van der Waals surface area (Å²) in [5.41, 5.74) is 0.481. The van der Waals surface area contributed by atoms with Crippen molar-refractivity contribution < 1.29 is 22.7 Å². The van der Waals surface area contributed by atoms with Gasteiger partial charge in [0.1, 0.15) is 12.3 Å². The van der Waals surface area contributed by atoms with Gasteiger partial charge in [-0.1, -0.05) is 11.6 Å². The third-order valence-corrected chi connectivity index (χ3v) is 7.00. The van der Waals surface area contributed by atoms with Gasteiger partial charge in [0.25, 0.3) is 0 Å². The number of nitrogens with one attached hydrogen (secondary N) is 1. The van der Waals surface area contributed by atoms with E-state index < -0.39 is 10.0 Å². The second-order valence-electron chi connectivity index (χ2n) is 6.82. The van der Waals surface area contributed by atoms with Crippen LogP contribution in [-0.4, -0.2) is 57.0 Å². The van der Waals surface area contributed by atoms with Gasteiger partial charge in [-0.25, -0.2) is 13.4 Å². The number of hydrogen-bond donors (Lipinski definition) is 1. The van der Waals surface area contributed by atoms with Crippen LogP contribution in [0, 0.1) is 5.92 Å². The van der Waals surface area contributed by atoms with E-state index in [2.05, 4.69) is 10.3 Å². The molecule has 0 saturated carbocycles. The third-order valence-electron chi connectivity index (χ3n) is 4.83. The van der Waals surface area contributed by atoms with Crippen LogP contribution < -0.4 is 10.1 Å². The summed E-state index contributed by atoms with van der Waals surface area (Å²) in [5, 5.41) is 3.33. The van der Waals surface area contributed by atoms with Crippen molar-refractivity contribution in [3.05, 3.63) is 47.6 Å². The lowest BCUT2D eigenvalue weighted by molar-refractivity contribution is -0.120. The molecule has 1 aliphatic rings. The van der Waals surface area contributed by atoms with Crippen molar-refractivity contribution in [2.45, 2.75) is 17.7 Å². The Morgan fingerprint density at radius 3 is 2.57 bits per heavy atom. The lowest BCUT2D eigenvalue weighted by Gasteiger charge is -2.30. The van der Waals surface area contributed by atoms with E-state index in [9.17, 15) is 13.2 Å². The predicted octanol–water partition coefficient (Wildman–Crippen LogP) is 2.80. The van der Waals surface area contributed by atoms with Crippen LogP contribution in [0.5, 0.6) is 5.88 Å². The Balaban J connectivity index is 1.59. The van der Waals surface area contributed by atoms with Crippen LogP contribution in [0.15, 0.2) is 47.5 Å². The summed E-state index contributed by atoms with van der Waals surface area (Å²) in [6.45, 7) is 1.27. The number of sulfonamides is 1. The fraction of sp³-hybridized carbons (Fsp3) is 0.400. The number of methoxy groups -OCH3 is 1. The maximum atomic E-state index is 12.8. The largest absolute Gasteiger partial charge is 0.474 e. The van der Waals surface area contributed by atoms with Crippen molar-refractivity contribution in [2.24, 2.45) is 5.92 Å². The first-order valence-electron chi connectivity index (χ1n) is 9.55. The van der Waals surface area contributed by atoms with E-state index in [1.165, 1.54) is 16.4 Å². The molecule has 162 valence electrons. The number of rotatable bonds is 8. The van der Waals surface area contributed by atoms with Gasteiger partial charge in [-0.05, 0) is 49.2 Å². The second kappa shape index (κ2) is 10.2. The Morgan fingerprint density at radius 2 is 1.90 bits per heavy atom. The molecule has 30 heavy (non-hydrogen) atoms. The molecule has 1 N–H and O–H groups in total. The molecule has 10 heteroatoms. The number of halogens is 1. The first-order chi connectivity index (χ1) is 14.4. The number of amides is 1. The Kier molecular flexibility index (Phi) is 7.65. The van der Waals surface area contributed by atoms with E-state index in [0.717, 1.165) is 0 Å². The number of pyridine rings is 1. The summed E-state index contributed by atoms with van der Waals surface area (Å²) in [6, 6.07) is 9.50.